The summed E-state index contributed by atoms with van der Waals surface area (Å²) in [5.74, 6) is 0. The second-order valence-corrected chi connectivity index (χ2v) is 5.82. The Morgan fingerprint density at radius 3 is 2.60 bits per heavy atom. The van der Waals surface area contributed by atoms with Crippen LogP contribution in [0, 0.1) is 6.92 Å². The first kappa shape index (κ1) is 10.9. The molecule has 0 aromatic carbocycles. The minimum absolute atomic E-state index is 0.161. The monoisotopic (exact) mass is 225 g/mol. The van der Waals surface area contributed by atoms with Crippen LogP contribution >= 0.6 is 11.3 Å². The van der Waals surface area contributed by atoms with Crippen molar-refractivity contribution in [1.29, 1.82) is 0 Å². The summed E-state index contributed by atoms with van der Waals surface area (Å²) >= 11 is 1.80. The lowest BCUT2D eigenvalue weighted by Gasteiger charge is -2.07. The molecule has 0 radical (unpaired) electrons. The van der Waals surface area contributed by atoms with E-state index in [9.17, 15) is 0 Å². The molecule has 0 saturated heterocycles. The molecule has 84 valence electrons. The summed E-state index contributed by atoms with van der Waals surface area (Å²) < 4.78 is 0. The summed E-state index contributed by atoms with van der Waals surface area (Å²) in [6, 6.07) is 0. The van der Waals surface area contributed by atoms with Crippen molar-refractivity contribution in [1.82, 2.24) is 4.98 Å². The Kier molecular flexibility index (Phi) is 2.73. The molecule has 1 fully saturated rings. The lowest BCUT2D eigenvalue weighted by Crippen LogP contribution is -2.21. The molecule has 0 bridgehead atoms. The molecule has 0 amide bonds. The van der Waals surface area contributed by atoms with Crippen molar-refractivity contribution in [2.24, 2.45) is 5.73 Å². The van der Waals surface area contributed by atoms with Gasteiger partial charge in [-0.3, -0.25) is 0 Å². The number of anilines is 1. The van der Waals surface area contributed by atoms with Crippen molar-refractivity contribution < 1.29 is 0 Å². The molecular weight excluding hydrogens is 206 g/mol. The molecule has 3 nitrogen and oxygen atoms in total. The van der Waals surface area contributed by atoms with Crippen molar-refractivity contribution in [2.75, 3.05) is 19.0 Å². The van der Waals surface area contributed by atoms with Crippen LogP contribution in [0.3, 0.4) is 0 Å². The number of aryl methyl sites for hydroxylation is 2. The highest BCUT2D eigenvalue weighted by molar-refractivity contribution is 7.15. The first-order valence-corrected chi connectivity index (χ1v) is 6.24. The summed E-state index contributed by atoms with van der Waals surface area (Å²) in [5, 5.41) is 1.10. The van der Waals surface area contributed by atoms with Crippen LogP contribution in [0.4, 0.5) is 5.13 Å². The van der Waals surface area contributed by atoms with Gasteiger partial charge in [-0.05, 0) is 32.6 Å². The molecule has 0 unspecified atom stereocenters. The minimum Gasteiger partial charge on any atom is -0.354 e. The topological polar surface area (TPSA) is 42.2 Å². The second-order valence-electron chi connectivity index (χ2n) is 4.76. The Balaban J connectivity index is 2.01. The quantitative estimate of drug-likeness (QED) is 0.851. The number of hydrogen-bond donors (Lipinski definition) is 1. The molecule has 0 aliphatic heterocycles. The molecular formula is C11H19N3S. The Hall–Kier alpha value is -0.610. The van der Waals surface area contributed by atoms with E-state index in [4.69, 9.17) is 5.73 Å². The van der Waals surface area contributed by atoms with Crippen molar-refractivity contribution in [2.45, 2.75) is 38.1 Å². The molecule has 2 N–H and O–H groups in total. The predicted octanol–water partition coefficient (Wildman–Crippen LogP) is 1.94. The van der Waals surface area contributed by atoms with Gasteiger partial charge >= 0.3 is 0 Å². The minimum atomic E-state index is 0.161. The van der Waals surface area contributed by atoms with E-state index in [2.05, 4.69) is 16.8 Å². The highest BCUT2D eigenvalue weighted by Gasteiger charge is 2.37. The number of nitrogens with two attached hydrogens (primary N) is 1. The molecule has 1 saturated carbocycles. The van der Waals surface area contributed by atoms with Crippen LogP contribution in [0.2, 0.25) is 0 Å². The Morgan fingerprint density at radius 2 is 2.13 bits per heavy atom. The predicted molar refractivity (Wildman–Crippen MR) is 65.7 cm³/mol. The zero-order chi connectivity index (χ0) is 11.1. The van der Waals surface area contributed by atoms with Gasteiger partial charge in [0.2, 0.25) is 0 Å². The second kappa shape index (κ2) is 3.76. The summed E-state index contributed by atoms with van der Waals surface area (Å²) in [6.07, 6.45) is 4.60. The van der Waals surface area contributed by atoms with Gasteiger partial charge in [0.1, 0.15) is 0 Å². The van der Waals surface area contributed by atoms with E-state index in [0.717, 1.165) is 18.0 Å². The van der Waals surface area contributed by atoms with Gasteiger partial charge in [0.25, 0.3) is 0 Å². The highest BCUT2D eigenvalue weighted by atomic mass is 32.1. The molecule has 0 spiro atoms. The van der Waals surface area contributed by atoms with Crippen molar-refractivity contribution in [3.05, 3.63) is 10.6 Å². The number of hydrogen-bond acceptors (Lipinski definition) is 4. The van der Waals surface area contributed by atoms with Gasteiger partial charge in [0.05, 0.1) is 5.69 Å². The molecule has 0 atom stereocenters. The average Bonchev–Trinajstić information content (AvgIpc) is 2.76. The molecule has 1 heterocycles. The van der Waals surface area contributed by atoms with E-state index in [1.165, 1.54) is 23.4 Å². The molecule has 1 aromatic rings. The fraction of sp³-hybridized carbons (Fsp3) is 0.727. The van der Waals surface area contributed by atoms with E-state index >= 15 is 0 Å². The summed E-state index contributed by atoms with van der Waals surface area (Å²) in [5.41, 5.74) is 7.42. The highest BCUT2D eigenvalue weighted by Crippen LogP contribution is 2.37. The van der Waals surface area contributed by atoms with E-state index in [1.54, 1.807) is 11.3 Å². The van der Waals surface area contributed by atoms with Gasteiger partial charge in [-0.25, -0.2) is 4.98 Å². The molecule has 1 aliphatic carbocycles. The summed E-state index contributed by atoms with van der Waals surface area (Å²) in [7, 11) is 4.07. The Labute approximate surface area is 95.3 Å². The van der Waals surface area contributed by atoms with Crippen LogP contribution < -0.4 is 10.6 Å². The SMILES string of the molecule is Cc1nc(N(C)C)sc1CCC1(N)CC1. The van der Waals surface area contributed by atoms with Crippen molar-refractivity contribution >= 4 is 16.5 Å². The third-order valence-electron chi connectivity index (χ3n) is 3.01. The number of aromatic nitrogens is 1. The number of rotatable bonds is 4. The summed E-state index contributed by atoms with van der Waals surface area (Å²) in [4.78, 5) is 8.00. The lowest BCUT2D eigenvalue weighted by molar-refractivity contribution is 0.611. The van der Waals surface area contributed by atoms with Crippen LogP contribution in [-0.2, 0) is 6.42 Å². The summed E-state index contributed by atoms with van der Waals surface area (Å²) in [6.45, 7) is 2.09. The van der Waals surface area contributed by atoms with E-state index in [-0.39, 0.29) is 5.54 Å². The van der Waals surface area contributed by atoms with Crippen LogP contribution in [-0.4, -0.2) is 24.6 Å². The normalized spacial score (nSPS) is 17.9. The number of thiazole rings is 1. The molecule has 1 aliphatic rings. The van der Waals surface area contributed by atoms with Crippen molar-refractivity contribution in [3.8, 4) is 0 Å². The molecule has 2 rings (SSSR count). The van der Waals surface area contributed by atoms with Crippen LogP contribution in [0.25, 0.3) is 0 Å². The van der Waals surface area contributed by atoms with Gasteiger partial charge in [-0.1, -0.05) is 0 Å². The van der Waals surface area contributed by atoms with E-state index in [0.29, 0.717) is 0 Å². The van der Waals surface area contributed by atoms with Crippen LogP contribution in [0.5, 0.6) is 0 Å². The van der Waals surface area contributed by atoms with Gasteiger partial charge < -0.3 is 10.6 Å². The fourth-order valence-electron chi connectivity index (χ4n) is 1.61. The zero-order valence-electron chi connectivity index (χ0n) is 9.71. The first-order chi connectivity index (χ1) is 7.00. The van der Waals surface area contributed by atoms with Gasteiger partial charge in [0.15, 0.2) is 5.13 Å². The zero-order valence-corrected chi connectivity index (χ0v) is 10.5. The van der Waals surface area contributed by atoms with Crippen LogP contribution in [0.1, 0.15) is 29.8 Å². The standard InChI is InChI=1S/C11H19N3S/c1-8-9(4-5-11(12)6-7-11)15-10(13-8)14(2)3/h4-7,12H2,1-3H3. The third-order valence-corrected chi connectivity index (χ3v) is 4.39. The fourth-order valence-corrected chi connectivity index (χ4v) is 2.59. The largest absolute Gasteiger partial charge is 0.354 e. The van der Waals surface area contributed by atoms with Crippen LogP contribution in [0.15, 0.2) is 0 Å². The molecule has 1 aromatic heterocycles. The first-order valence-electron chi connectivity index (χ1n) is 5.43. The smallest absolute Gasteiger partial charge is 0.185 e. The van der Waals surface area contributed by atoms with Crippen molar-refractivity contribution in [3.63, 3.8) is 0 Å². The lowest BCUT2D eigenvalue weighted by atomic mass is 10.1. The Morgan fingerprint density at radius 1 is 1.47 bits per heavy atom. The molecule has 15 heavy (non-hydrogen) atoms. The van der Waals surface area contributed by atoms with E-state index < -0.39 is 0 Å². The number of nitrogens with zero attached hydrogens (tertiary/aromatic N) is 2. The van der Waals surface area contributed by atoms with Gasteiger partial charge in [0, 0.05) is 24.5 Å². The Bertz CT molecular complexity index is 353. The maximum atomic E-state index is 6.08. The maximum absolute atomic E-state index is 6.08. The maximum Gasteiger partial charge on any atom is 0.185 e. The van der Waals surface area contributed by atoms with Gasteiger partial charge in [-0.2, -0.15) is 0 Å². The van der Waals surface area contributed by atoms with Gasteiger partial charge in [-0.15, -0.1) is 11.3 Å². The molecule has 4 heteroatoms. The third kappa shape index (κ3) is 2.49. The average molecular weight is 225 g/mol. The van der Waals surface area contributed by atoms with E-state index in [1.807, 2.05) is 14.1 Å².